The van der Waals surface area contributed by atoms with Crippen molar-refractivity contribution in [2.75, 3.05) is 5.43 Å². The van der Waals surface area contributed by atoms with E-state index in [2.05, 4.69) is 10.5 Å². The molecule has 0 atom stereocenters. The minimum absolute atomic E-state index is 0.293. The number of para-hydroxylation sites is 1. The number of carbonyl (C=O) groups is 2. The smallest absolute Gasteiger partial charge is 0.272 e. The fourth-order valence-corrected chi connectivity index (χ4v) is 0.940. The van der Waals surface area contributed by atoms with Crippen molar-refractivity contribution in [2.45, 2.75) is 6.92 Å². The first-order valence-corrected chi connectivity index (χ1v) is 4.30. The molecule has 1 aromatic rings. The number of rotatable bonds is 4. The van der Waals surface area contributed by atoms with Crippen LogP contribution in [0.2, 0.25) is 0 Å². The molecule has 15 heavy (non-hydrogen) atoms. The van der Waals surface area contributed by atoms with E-state index < -0.39 is 11.7 Å². The molecule has 0 aliphatic carbocycles. The Morgan fingerprint density at radius 1 is 1.27 bits per heavy atom. The number of nitrogens with one attached hydrogen (secondary N) is 1. The maximum atomic E-state index is 10.9. The molecule has 1 amide bonds. The van der Waals surface area contributed by atoms with E-state index in [4.69, 9.17) is 5.73 Å². The number of Topliss-reactive ketones (excluding diaryl/α,β-unsaturated/α-hetero) is 1. The van der Waals surface area contributed by atoms with Crippen molar-refractivity contribution >= 4 is 23.1 Å². The van der Waals surface area contributed by atoms with Gasteiger partial charge in [-0.3, -0.25) is 15.0 Å². The number of amides is 1. The number of anilines is 1. The van der Waals surface area contributed by atoms with Gasteiger partial charge in [-0.15, -0.1) is 0 Å². The number of ketones is 1. The summed E-state index contributed by atoms with van der Waals surface area (Å²) in [6, 6.07) is 8.95. The Labute approximate surface area is 87.0 Å². The van der Waals surface area contributed by atoms with Crippen LogP contribution < -0.4 is 11.2 Å². The van der Waals surface area contributed by atoms with Crippen molar-refractivity contribution in [1.82, 2.24) is 0 Å². The lowest BCUT2D eigenvalue weighted by Gasteiger charge is -2.00. The van der Waals surface area contributed by atoms with Crippen LogP contribution in [-0.2, 0) is 9.59 Å². The Balaban J connectivity index is 2.79. The molecule has 5 heteroatoms. The lowest BCUT2D eigenvalue weighted by molar-refractivity contribution is -0.115. The number of hydrogen-bond donors (Lipinski definition) is 2. The van der Waals surface area contributed by atoms with Crippen molar-refractivity contribution in [2.24, 2.45) is 10.8 Å². The Morgan fingerprint density at radius 3 is 2.33 bits per heavy atom. The fourth-order valence-electron chi connectivity index (χ4n) is 0.940. The van der Waals surface area contributed by atoms with E-state index in [1.165, 1.54) is 6.92 Å². The largest absolute Gasteiger partial charge is 0.364 e. The zero-order valence-corrected chi connectivity index (χ0v) is 8.23. The molecule has 5 nitrogen and oxygen atoms in total. The van der Waals surface area contributed by atoms with Gasteiger partial charge in [-0.05, 0) is 12.1 Å². The molecule has 0 saturated carbocycles. The van der Waals surface area contributed by atoms with Crippen LogP contribution in [0.4, 0.5) is 5.69 Å². The van der Waals surface area contributed by atoms with Crippen molar-refractivity contribution in [1.29, 1.82) is 0 Å². The lowest BCUT2D eigenvalue weighted by atomic mass is 10.2. The molecule has 0 spiro atoms. The Bertz CT molecular complexity index is 382. The highest BCUT2D eigenvalue weighted by atomic mass is 16.2. The summed E-state index contributed by atoms with van der Waals surface area (Å²) in [6.07, 6.45) is 0. The van der Waals surface area contributed by atoms with Crippen LogP contribution >= 0.6 is 0 Å². The minimum Gasteiger partial charge on any atom is -0.364 e. The van der Waals surface area contributed by atoms with E-state index in [-0.39, 0.29) is 5.71 Å². The highest BCUT2D eigenvalue weighted by Gasteiger charge is 2.12. The van der Waals surface area contributed by atoms with Gasteiger partial charge in [0.2, 0.25) is 0 Å². The minimum atomic E-state index is -0.842. The SMILES string of the molecule is CC(=O)/C(=N/Nc1ccccc1)C(N)=O. The van der Waals surface area contributed by atoms with Crippen LogP contribution in [0.3, 0.4) is 0 Å². The van der Waals surface area contributed by atoms with E-state index in [0.29, 0.717) is 5.69 Å². The first kappa shape index (κ1) is 10.9. The summed E-state index contributed by atoms with van der Waals surface area (Å²) in [6.45, 7) is 1.23. The third-order valence-electron chi connectivity index (χ3n) is 1.64. The first-order valence-electron chi connectivity index (χ1n) is 4.30. The van der Waals surface area contributed by atoms with E-state index in [9.17, 15) is 9.59 Å². The van der Waals surface area contributed by atoms with Gasteiger partial charge in [0.15, 0.2) is 11.5 Å². The monoisotopic (exact) mass is 205 g/mol. The maximum absolute atomic E-state index is 10.9. The van der Waals surface area contributed by atoms with Gasteiger partial charge in [-0.25, -0.2) is 0 Å². The van der Waals surface area contributed by atoms with Gasteiger partial charge in [0, 0.05) is 6.92 Å². The van der Waals surface area contributed by atoms with Crippen LogP contribution in [0.25, 0.3) is 0 Å². The number of nitrogens with zero attached hydrogens (tertiary/aromatic N) is 1. The number of benzene rings is 1. The second-order valence-corrected chi connectivity index (χ2v) is 2.86. The number of nitrogens with two attached hydrogens (primary N) is 1. The van der Waals surface area contributed by atoms with Gasteiger partial charge >= 0.3 is 0 Å². The summed E-state index contributed by atoms with van der Waals surface area (Å²) in [4.78, 5) is 21.7. The van der Waals surface area contributed by atoms with Crippen LogP contribution in [0, 0.1) is 0 Å². The Hall–Kier alpha value is -2.17. The average Bonchev–Trinajstić information content (AvgIpc) is 2.18. The van der Waals surface area contributed by atoms with Crippen LogP contribution in [-0.4, -0.2) is 17.4 Å². The third kappa shape index (κ3) is 3.22. The summed E-state index contributed by atoms with van der Waals surface area (Å²) in [5.41, 5.74) is 7.93. The van der Waals surface area contributed by atoms with Gasteiger partial charge < -0.3 is 5.73 Å². The van der Waals surface area contributed by atoms with Gasteiger partial charge in [0.25, 0.3) is 5.91 Å². The zero-order chi connectivity index (χ0) is 11.3. The third-order valence-corrected chi connectivity index (χ3v) is 1.64. The molecule has 0 saturated heterocycles. The molecule has 78 valence electrons. The van der Waals surface area contributed by atoms with Gasteiger partial charge in [-0.1, -0.05) is 18.2 Å². The summed E-state index contributed by atoms with van der Waals surface area (Å²) in [7, 11) is 0. The predicted molar refractivity (Wildman–Crippen MR) is 57.4 cm³/mol. The number of carbonyl (C=O) groups excluding carboxylic acids is 2. The molecule has 0 unspecified atom stereocenters. The molecule has 0 aliphatic rings. The normalized spacial score (nSPS) is 10.9. The highest BCUT2D eigenvalue weighted by molar-refractivity contribution is 6.65. The van der Waals surface area contributed by atoms with Crippen molar-refractivity contribution in [3.05, 3.63) is 30.3 Å². The summed E-state index contributed by atoms with van der Waals surface area (Å²) >= 11 is 0. The number of hydrazone groups is 1. The number of hydrogen-bond acceptors (Lipinski definition) is 4. The quantitative estimate of drug-likeness (QED) is 0.427. The van der Waals surface area contributed by atoms with E-state index >= 15 is 0 Å². The Morgan fingerprint density at radius 2 is 1.87 bits per heavy atom. The second-order valence-electron chi connectivity index (χ2n) is 2.86. The van der Waals surface area contributed by atoms with Crippen LogP contribution in [0.15, 0.2) is 35.4 Å². The molecule has 1 rings (SSSR count). The van der Waals surface area contributed by atoms with Crippen molar-refractivity contribution in [3.8, 4) is 0 Å². The molecule has 0 heterocycles. The average molecular weight is 205 g/mol. The molecule has 1 aromatic carbocycles. The summed E-state index contributed by atoms with van der Waals surface area (Å²) in [5.74, 6) is -1.31. The van der Waals surface area contributed by atoms with Crippen molar-refractivity contribution < 1.29 is 9.59 Å². The molecule has 0 radical (unpaired) electrons. The topological polar surface area (TPSA) is 84.6 Å². The Kier molecular flexibility index (Phi) is 3.56. The fraction of sp³-hybridized carbons (Fsp3) is 0.100. The zero-order valence-electron chi connectivity index (χ0n) is 8.23. The molecule has 0 aromatic heterocycles. The van der Waals surface area contributed by atoms with Gasteiger partial charge in [0.05, 0.1) is 5.69 Å². The van der Waals surface area contributed by atoms with Gasteiger partial charge in [0.1, 0.15) is 0 Å². The first-order chi connectivity index (χ1) is 7.11. The lowest BCUT2D eigenvalue weighted by Crippen LogP contribution is -2.29. The van der Waals surface area contributed by atoms with E-state index in [1.54, 1.807) is 24.3 Å². The molecular weight excluding hydrogens is 194 g/mol. The summed E-state index contributed by atoms with van der Waals surface area (Å²) in [5, 5.41) is 3.64. The molecule has 0 fully saturated rings. The van der Waals surface area contributed by atoms with Crippen molar-refractivity contribution in [3.63, 3.8) is 0 Å². The van der Waals surface area contributed by atoms with E-state index in [0.717, 1.165) is 0 Å². The predicted octanol–water partition coefficient (Wildman–Crippen LogP) is 0.529. The van der Waals surface area contributed by atoms with Crippen LogP contribution in [0.1, 0.15) is 6.92 Å². The van der Waals surface area contributed by atoms with Crippen LogP contribution in [0.5, 0.6) is 0 Å². The highest BCUT2D eigenvalue weighted by Crippen LogP contribution is 2.04. The second kappa shape index (κ2) is 4.90. The van der Waals surface area contributed by atoms with E-state index in [1.807, 2.05) is 6.07 Å². The van der Waals surface area contributed by atoms with Gasteiger partial charge in [-0.2, -0.15) is 5.10 Å². The molecule has 0 bridgehead atoms. The number of primary amides is 1. The summed E-state index contributed by atoms with van der Waals surface area (Å²) < 4.78 is 0. The molecule has 0 aliphatic heterocycles. The maximum Gasteiger partial charge on any atom is 0.272 e. The standard InChI is InChI=1S/C10H11N3O2/c1-7(14)9(10(11)15)13-12-8-5-3-2-4-6-8/h2-6,12H,1H3,(H2,11,15)/b13-9-. The molecular formula is C10H11N3O2. The molecule has 3 N–H and O–H groups in total.